The Morgan fingerprint density at radius 1 is 1.20 bits per heavy atom. The molecule has 1 saturated carbocycles. The van der Waals surface area contributed by atoms with E-state index in [1.54, 1.807) is 0 Å². The lowest BCUT2D eigenvalue weighted by atomic mass is 10.0. The zero-order chi connectivity index (χ0) is 11.5. The van der Waals surface area contributed by atoms with Crippen molar-refractivity contribution in [2.45, 2.75) is 70.1 Å². The first kappa shape index (κ1) is 13.0. The quantitative estimate of drug-likeness (QED) is 0.702. The smallest absolute Gasteiger partial charge is 0.264 e. The lowest BCUT2D eigenvalue weighted by Crippen LogP contribution is -2.34. The molecule has 0 aliphatic heterocycles. The first-order valence-electron chi connectivity index (χ1n) is 5.82. The summed E-state index contributed by atoms with van der Waals surface area (Å²) in [7, 11) is -3.35. The maximum atomic E-state index is 11.9. The molecule has 0 heterocycles. The van der Waals surface area contributed by atoms with Gasteiger partial charge in [0.15, 0.2) is 0 Å². The highest BCUT2D eigenvalue weighted by molar-refractivity contribution is 7.87. The van der Waals surface area contributed by atoms with E-state index in [-0.39, 0.29) is 5.25 Å². The van der Waals surface area contributed by atoms with Gasteiger partial charge in [0.1, 0.15) is 0 Å². The molecular formula is C11H22O3S. The average molecular weight is 234 g/mol. The predicted molar refractivity (Wildman–Crippen MR) is 61.2 cm³/mol. The maximum absolute atomic E-state index is 11.9. The van der Waals surface area contributed by atoms with E-state index in [1.165, 1.54) is 0 Å². The van der Waals surface area contributed by atoms with Crippen molar-refractivity contribution < 1.29 is 12.6 Å². The van der Waals surface area contributed by atoms with E-state index in [1.807, 2.05) is 20.8 Å². The minimum absolute atomic E-state index is 0.267. The van der Waals surface area contributed by atoms with Crippen molar-refractivity contribution in [1.82, 2.24) is 0 Å². The largest absolute Gasteiger partial charge is 0.270 e. The van der Waals surface area contributed by atoms with Gasteiger partial charge in [0, 0.05) is 0 Å². The molecule has 3 nitrogen and oxygen atoms in total. The molecule has 0 atom stereocenters. The summed E-state index contributed by atoms with van der Waals surface area (Å²) in [6, 6.07) is 0. The van der Waals surface area contributed by atoms with Crippen LogP contribution in [0.1, 0.15) is 59.3 Å². The van der Waals surface area contributed by atoms with Crippen LogP contribution in [0.25, 0.3) is 0 Å². The second kappa shape index (κ2) is 4.83. The normalized spacial score (nSPS) is 20.5. The standard InChI is InChI=1S/C11H22O3S/c1-4-11(2,3)14-15(12,13)10-8-6-5-7-9-10/h10H,4-9H2,1-3H3. The van der Waals surface area contributed by atoms with Gasteiger partial charge in [-0.05, 0) is 33.1 Å². The van der Waals surface area contributed by atoms with Gasteiger partial charge in [0.25, 0.3) is 10.1 Å². The highest BCUT2D eigenvalue weighted by Gasteiger charge is 2.33. The molecule has 0 amide bonds. The van der Waals surface area contributed by atoms with Crippen molar-refractivity contribution in [3.05, 3.63) is 0 Å². The Morgan fingerprint density at radius 3 is 2.20 bits per heavy atom. The molecule has 0 N–H and O–H groups in total. The fraction of sp³-hybridized carbons (Fsp3) is 1.00. The van der Waals surface area contributed by atoms with Gasteiger partial charge < -0.3 is 0 Å². The van der Waals surface area contributed by atoms with Crippen LogP contribution in [0.3, 0.4) is 0 Å². The molecular weight excluding hydrogens is 212 g/mol. The first-order valence-corrected chi connectivity index (χ1v) is 7.29. The third kappa shape index (κ3) is 3.76. The van der Waals surface area contributed by atoms with Crippen molar-refractivity contribution in [2.24, 2.45) is 0 Å². The molecule has 0 unspecified atom stereocenters. The van der Waals surface area contributed by atoms with Crippen LogP contribution in [0.15, 0.2) is 0 Å². The molecule has 0 aromatic carbocycles. The van der Waals surface area contributed by atoms with Crippen molar-refractivity contribution in [2.75, 3.05) is 0 Å². The van der Waals surface area contributed by atoms with Gasteiger partial charge in [0.2, 0.25) is 0 Å². The number of rotatable bonds is 4. The third-order valence-corrected chi connectivity index (χ3v) is 5.13. The monoisotopic (exact) mass is 234 g/mol. The van der Waals surface area contributed by atoms with Crippen LogP contribution in [0, 0.1) is 0 Å². The van der Waals surface area contributed by atoms with Gasteiger partial charge >= 0.3 is 0 Å². The zero-order valence-corrected chi connectivity index (χ0v) is 10.8. The van der Waals surface area contributed by atoms with Crippen LogP contribution in [0.4, 0.5) is 0 Å². The first-order chi connectivity index (χ1) is 6.87. The summed E-state index contributed by atoms with van der Waals surface area (Å²) in [5.74, 6) is 0. The number of hydrogen-bond acceptors (Lipinski definition) is 3. The van der Waals surface area contributed by atoms with Gasteiger partial charge in [-0.25, -0.2) is 0 Å². The summed E-state index contributed by atoms with van der Waals surface area (Å²) >= 11 is 0. The van der Waals surface area contributed by atoms with E-state index < -0.39 is 15.7 Å². The Bertz CT molecular complexity index is 287. The van der Waals surface area contributed by atoms with Crippen molar-refractivity contribution in [3.63, 3.8) is 0 Å². The molecule has 0 aromatic rings. The molecule has 0 radical (unpaired) electrons. The molecule has 4 heteroatoms. The lowest BCUT2D eigenvalue weighted by Gasteiger charge is -2.28. The molecule has 15 heavy (non-hydrogen) atoms. The minimum atomic E-state index is -3.35. The van der Waals surface area contributed by atoms with Crippen LogP contribution in [-0.4, -0.2) is 19.3 Å². The second-order valence-corrected chi connectivity index (χ2v) is 6.77. The second-order valence-electron chi connectivity index (χ2n) is 4.95. The summed E-state index contributed by atoms with van der Waals surface area (Å²) in [6.45, 7) is 5.59. The molecule has 0 saturated heterocycles. The van der Waals surface area contributed by atoms with Crippen molar-refractivity contribution in [1.29, 1.82) is 0 Å². The number of hydrogen-bond donors (Lipinski definition) is 0. The van der Waals surface area contributed by atoms with E-state index in [0.29, 0.717) is 6.42 Å². The summed E-state index contributed by atoms with van der Waals surface area (Å²) < 4.78 is 29.2. The van der Waals surface area contributed by atoms with E-state index in [4.69, 9.17) is 4.18 Å². The lowest BCUT2D eigenvalue weighted by molar-refractivity contribution is 0.110. The Morgan fingerprint density at radius 2 is 1.73 bits per heavy atom. The van der Waals surface area contributed by atoms with E-state index >= 15 is 0 Å². The van der Waals surface area contributed by atoms with Gasteiger partial charge in [0.05, 0.1) is 10.9 Å². The highest BCUT2D eigenvalue weighted by atomic mass is 32.2. The molecule has 90 valence electrons. The minimum Gasteiger partial charge on any atom is -0.264 e. The van der Waals surface area contributed by atoms with Crippen LogP contribution in [0.2, 0.25) is 0 Å². The van der Waals surface area contributed by atoms with E-state index in [2.05, 4.69) is 0 Å². The predicted octanol–water partition coefficient (Wildman–Crippen LogP) is 2.85. The van der Waals surface area contributed by atoms with Gasteiger partial charge in [-0.1, -0.05) is 26.2 Å². The summed E-state index contributed by atoms with van der Waals surface area (Å²) in [4.78, 5) is 0. The average Bonchev–Trinajstić information content (AvgIpc) is 2.18. The van der Waals surface area contributed by atoms with Crippen molar-refractivity contribution in [3.8, 4) is 0 Å². The molecule has 1 fully saturated rings. The fourth-order valence-corrected chi connectivity index (χ4v) is 3.59. The van der Waals surface area contributed by atoms with Gasteiger partial charge in [-0.3, -0.25) is 4.18 Å². The highest BCUT2D eigenvalue weighted by Crippen LogP contribution is 2.28. The Balaban J connectivity index is 2.65. The molecule has 0 aromatic heterocycles. The maximum Gasteiger partial charge on any atom is 0.270 e. The SMILES string of the molecule is CCC(C)(C)OS(=O)(=O)C1CCCCC1. The van der Waals surface area contributed by atoms with E-state index in [0.717, 1.165) is 32.1 Å². The summed E-state index contributed by atoms with van der Waals surface area (Å²) in [6.07, 6.45) is 5.42. The van der Waals surface area contributed by atoms with Gasteiger partial charge in [-0.15, -0.1) is 0 Å². The third-order valence-electron chi connectivity index (χ3n) is 3.15. The molecule has 1 aliphatic rings. The van der Waals surface area contributed by atoms with Crippen LogP contribution >= 0.6 is 0 Å². The zero-order valence-electron chi connectivity index (χ0n) is 9.95. The van der Waals surface area contributed by atoms with Gasteiger partial charge in [-0.2, -0.15) is 8.42 Å². The molecule has 0 spiro atoms. The Labute approximate surface area is 93.3 Å². The Kier molecular flexibility index (Phi) is 4.18. The molecule has 1 aliphatic carbocycles. The molecule has 0 bridgehead atoms. The fourth-order valence-electron chi connectivity index (χ4n) is 1.80. The summed E-state index contributed by atoms with van der Waals surface area (Å²) in [5, 5.41) is -0.267. The van der Waals surface area contributed by atoms with Crippen LogP contribution < -0.4 is 0 Å². The Hall–Kier alpha value is -0.0900. The van der Waals surface area contributed by atoms with E-state index in [9.17, 15) is 8.42 Å². The van der Waals surface area contributed by atoms with Crippen molar-refractivity contribution >= 4 is 10.1 Å². The van der Waals surface area contributed by atoms with Crippen LogP contribution in [-0.2, 0) is 14.3 Å². The van der Waals surface area contributed by atoms with Crippen LogP contribution in [0.5, 0.6) is 0 Å². The topological polar surface area (TPSA) is 43.4 Å². The summed E-state index contributed by atoms with van der Waals surface area (Å²) in [5.41, 5.74) is -0.559. The molecule has 1 rings (SSSR count).